The number of benzene rings is 3. The Bertz CT molecular complexity index is 1540. The topological polar surface area (TPSA) is 69.0 Å². The lowest BCUT2D eigenvalue weighted by molar-refractivity contribution is 0.0714. The van der Waals surface area contributed by atoms with Crippen molar-refractivity contribution < 1.29 is 18.7 Å². The molecule has 0 aliphatic carbocycles. The molecular weight excluding hydrogens is 478 g/mol. The van der Waals surface area contributed by atoms with Gasteiger partial charge in [0.05, 0.1) is 30.7 Å². The zero-order valence-electron chi connectivity index (χ0n) is 22.4. The van der Waals surface area contributed by atoms with Crippen molar-refractivity contribution in [2.75, 3.05) is 13.7 Å². The Balaban J connectivity index is 1.65. The first-order valence-corrected chi connectivity index (χ1v) is 13.2. The maximum atomic E-state index is 14.0. The summed E-state index contributed by atoms with van der Waals surface area (Å²) in [6.45, 7) is 6.93. The van der Waals surface area contributed by atoms with Crippen molar-refractivity contribution in [2.45, 2.75) is 52.6 Å². The highest BCUT2D eigenvalue weighted by Gasteiger charge is 2.43. The quantitative estimate of drug-likeness (QED) is 0.233. The van der Waals surface area contributed by atoms with Gasteiger partial charge in [-0.2, -0.15) is 0 Å². The number of hydrogen-bond donors (Lipinski definition) is 0. The second-order valence-corrected chi connectivity index (χ2v) is 9.92. The van der Waals surface area contributed by atoms with Gasteiger partial charge in [-0.1, -0.05) is 62.2 Å². The van der Waals surface area contributed by atoms with Crippen LogP contribution in [0, 0.1) is 13.8 Å². The van der Waals surface area contributed by atoms with E-state index in [4.69, 9.17) is 13.9 Å². The van der Waals surface area contributed by atoms with E-state index in [-0.39, 0.29) is 17.1 Å². The third-order valence-electron chi connectivity index (χ3n) is 7.10. The van der Waals surface area contributed by atoms with Crippen LogP contribution in [0.2, 0.25) is 0 Å². The van der Waals surface area contributed by atoms with Crippen molar-refractivity contribution in [3.05, 3.63) is 104 Å². The zero-order valence-corrected chi connectivity index (χ0v) is 22.4. The fourth-order valence-electron chi connectivity index (χ4n) is 5.27. The van der Waals surface area contributed by atoms with E-state index < -0.39 is 6.04 Å². The molecule has 0 saturated heterocycles. The Kier molecular flexibility index (Phi) is 7.23. The molecule has 1 aromatic heterocycles. The Hall–Kier alpha value is -4.06. The van der Waals surface area contributed by atoms with Gasteiger partial charge in [0.15, 0.2) is 16.9 Å². The number of fused-ring (bicyclic) bond motifs is 2. The molecule has 0 saturated carbocycles. The van der Waals surface area contributed by atoms with E-state index in [9.17, 15) is 9.59 Å². The lowest BCUT2D eigenvalue weighted by Crippen LogP contribution is -2.29. The van der Waals surface area contributed by atoms with Gasteiger partial charge in [-0.05, 0) is 60.7 Å². The van der Waals surface area contributed by atoms with Gasteiger partial charge in [-0.3, -0.25) is 9.59 Å². The Labute approximate surface area is 222 Å². The number of carbonyl (C=O) groups is 1. The van der Waals surface area contributed by atoms with Crippen LogP contribution >= 0.6 is 0 Å². The zero-order chi connectivity index (χ0) is 26.8. The van der Waals surface area contributed by atoms with Crippen LogP contribution < -0.4 is 14.9 Å². The predicted molar refractivity (Wildman–Crippen MR) is 148 cm³/mol. The lowest BCUT2D eigenvalue weighted by atomic mass is 9.97. The molecule has 1 aliphatic heterocycles. The van der Waals surface area contributed by atoms with Gasteiger partial charge in [-0.25, -0.2) is 0 Å². The second-order valence-electron chi connectivity index (χ2n) is 9.92. The van der Waals surface area contributed by atoms with Gasteiger partial charge < -0.3 is 18.8 Å². The number of rotatable bonds is 9. The van der Waals surface area contributed by atoms with Crippen molar-refractivity contribution in [1.82, 2.24) is 4.90 Å². The number of nitrogens with zero attached hydrogens (tertiary/aromatic N) is 1. The number of ether oxygens (including phenoxy) is 2. The van der Waals surface area contributed by atoms with Crippen LogP contribution in [0.15, 0.2) is 69.9 Å². The predicted octanol–water partition coefficient (Wildman–Crippen LogP) is 6.73. The molecule has 1 aliphatic rings. The van der Waals surface area contributed by atoms with Gasteiger partial charge in [0.25, 0.3) is 5.91 Å². The second kappa shape index (κ2) is 10.7. The van der Waals surface area contributed by atoms with Gasteiger partial charge in [0.2, 0.25) is 5.76 Å². The SMILES string of the molecule is CCCCCOc1ccc(C2c3c(oc4c(C)cc(C)cc4c3=O)C(=O)N2Cc2ccccc2)cc1OC. The molecule has 0 fully saturated rings. The molecule has 6 nitrogen and oxygen atoms in total. The molecular formula is C32H33NO5. The highest BCUT2D eigenvalue weighted by atomic mass is 16.5. The minimum Gasteiger partial charge on any atom is -0.493 e. The van der Waals surface area contributed by atoms with Gasteiger partial charge in [-0.15, -0.1) is 0 Å². The molecule has 196 valence electrons. The molecule has 1 amide bonds. The van der Waals surface area contributed by atoms with Crippen LogP contribution in [-0.4, -0.2) is 24.5 Å². The molecule has 0 bridgehead atoms. The molecule has 0 radical (unpaired) electrons. The first-order valence-electron chi connectivity index (χ1n) is 13.2. The van der Waals surface area contributed by atoms with E-state index >= 15 is 0 Å². The normalized spacial score (nSPS) is 14.7. The van der Waals surface area contributed by atoms with Crippen LogP contribution in [0.25, 0.3) is 11.0 Å². The number of hydrogen-bond acceptors (Lipinski definition) is 5. The van der Waals surface area contributed by atoms with Crippen LogP contribution in [0.1, 0.15) is 70.6 Å². The Morgan fingerprint density at radius 2 is 1.74 bits per heavy atom. The van der Waals surface area contributed by atoms with Crippen LogP contribution in [-0.2, 0) is 6.54 Å². The largest absolute Gasteiger partial charge is 0.493 e. The molecule has 0 spiro atoms. The molecule has 1 atom stereocenters. The summed E-state index contributed by atoms with van der Waals surface area (Å²) in [5.41, 5.74) is 4.17. The van der Waals surface area contributed by atoms with Crippen molar-refractivity contribution in [3.63, 3.8) is 0 Å². The molecule has 5 rings (SSSR count). The number of methoxy groups -OCH3 is 1. The van der Waals surface area contributed by atoms with Gasteiger partial charge in [0, 0.05) is 6.54 Å². The standard InChI is InChI=1S/C32H33NO5/c1-5-6-10-15-37-25-14-13-23(18-26(25)36-4)28-27-29(34)24-17-20(2)16-21(3)30(24)38-31(27)32(35)33(28)19-22-11-8-7-9-12-22/h7-9,11-14,16-18,28H,5-6,10,15,19H2,1-4H3. The summed E-state index contributed by atoms with van der Waals surface area (Å²) in [5.74, 6) is 1.01. The van der Waals surface area contributed by atoms with E-state index in [0.29, 0.717) is 41.2 Å². The van der Waals surface area contributed by atoms with Crippen LogP contribution in [0.3, 0.4) is 0 Å². The fraction of sp³-hybridized carbons (Fsp3) is 0.312. The van der Waals surface area contributed by atoms with E-state index in [2.05, 4.69) is 6.92 Å². The van der Waals surface area contributed by atoms with Crippen molar-refractivity contribution in [1.29, 1.82) is 0 Å². The summed E-state index contributed by atoms with van der Waals surface area (Å²) < 4.78 is 17.9. The van der Waals surface area contributed by atoms with Crippen molar-refractivity contribution >= 4 is 16.9 Å². The molecule has 1 unspecified atom stereocenters. The highest BCUT2D eigenvalue weighted by Crippen LogP contribution is 2.42. The first-order chi connectivity index (χ1) is 18.4. The molecule has 2 heterocycles. The smallest absolute Gasteiger partial charge is 0.291 e. The molecule has 3 aromatic carbocycles. The fourth-order valence-corrected chi connectivity index (χ4v) is 5.27. The number of aryl methyl sites for hydroxylation is 2. The van der Waals surface area contributed by atoms with Gasteiger partial charge in [0.1, 0.15) is 5.58 Å². The third-order valence-corrected chi connectivity index (χ3v) is 7.10. The lowest BCUT2D eigenvalue weighted by Gasteiger charge is -2.26. The van der Waals surface area contributed by atoms with Crippen LogP contribution in [0.5, 0.6) is 11.5 Å². The van der Waals surface area contributed by atoms with E-state index in [1.165, 1.54) is 0 Å². The minimum absolute atomic E-state index is 0.106. The van der Waals surface area contributed by atoms with Crippen molar-refractivity contribution in [2.24, 2.45) is 0 Å². The Morgan fingerprint density at radius 3 is 2.47 bits per heavy atom. The maximum absolute atomic E-state index is 14.0. The summed E-state index contributed by atoms with van der Waals surface area (Å²) in [6.07, 6.45) is 3.17. The summed E-state index contributed by atoms with van der Waals surface area (Å²) in [7, 11) is 1.60. The molecule has 6 heteroatoms. The summed E-state index contributed by atoms with van der Waals surface area (Å²) in [4.78, 5) is 29.5. The van der Waals surface area contributed by atoms with E-state index in [1.807, 2.05) is 74.5 Å². The number of carbonyl (C=O) groups excluding carboxylic acids is 1. The third kappa shape index (κ3) is 4.67. The maximum Gasteiger partial charge on any atom is 0.291 e. The number of unbranched alkanes of at least 4 members (excludes halogenated alkanes) is 2. The molecule has 38 heavy (non-hydrogen) atoms. The summed E-state index contributed by atoms with van der Waals surface area (Å²) >= 11 is 0. The monoisotopic (exact) mass is 511 g/mol. The van der Waals surface area contributed by atoms with E-state index in [1.54, 1.807) is 12.0 Å². The highest BCUT2D eigenvalue weighted by molar-refractivity contribution is 5.99. The Morgan fingerprint density at radius 1 is 0.947 bits per heavy atom. The number of amides is 1. The van der Waals surface area contributed by atoms with E-state index in [0.717, 1.165) is 41.5 Å². The molecule has 4 aromatic rings. The summed E-state index contributed by atoms with van der Waals surface area (Å²) in [6, 6.07) is 18.6. The minimum atomic E-state index is -0.623. The summed E-state index contributed by atoms with van der Waals surface area (Å²) in [5, 5.41) is 0.489. The molecule has 0 N–H and O–H groups in total. The average Bonchev–Trinajstić information content (AvgIpc) is 3.19. The van der Waals surface area contributed by atoms with Crippen molar-refractivity contribution in [3.8, 4) is 11.5 Å². The van der Waals surface area contributed by atoms with Crippen LogP contribution in [0.4, 0.5) is 0 Å². The first kappa shape index (κ1) is 25.6. The van der Waals surface area contributed by atoms with Gasteiger partial charge >= 0.3 is 0 Å². The average molecular weight is 512 g/mol.